The number of halogens is 1. The van der Waals surface area contributed by atoms with E-state index in [-0.39, 0.29) is 16.6 Å². The predicted octanol–water partition coefficient (Wildman–Crippen LogP) is 4.63. The maximum Gasteiger partial charge on any atom is 0.288 e. The summed E-state index contributed by atoms with van der Waals surface area (Å²) in [7, 11) is 0. The van der Waals surface area contributed by atoms with Crippen LogP contribution in [0.4, 0.5) is 5.69 Å². The minimum absolute atomic E-state index is 0.00649. The highest BCUT2D eigenvalue weighted by molar-refractivity contribution is 8.04. The molecule has 4 rings (SSSR count). The standard InChI is InChI=1S/C15H13ClN2O2S2/c16-9-2-1-8(7-12(9)18(19)20)13-14-10(3-5-21-14)17-11-4-6-22-15(11)13/h1-2,7,13,17H,3-6H2. The van der Waals surface area contributed by atoms with Crippen LogP contribution < -0.4 is 5.32 Å². The Kier molecular flexibility index (Phi) is 3.63. The second kappa shape index (κ2) is 5.51. The molecule has 114 valence electrons. The molecule has 0 bridgehead atoms. The molecule has 0 unspecified atom stereocenters. The Morgan fingerprint density at radius 3 is 2.41 bits per heavy atom. The van der Waals surface area contributed by atoms with Crippen molar-refractivity contribution < 1.29 is 4.92 Å². The summed E-state index contributed by atoms with van der Waals surface area (Å²) in [5, 5.41) is 15.0. The van der Waals surface area contributed by atoms with Crippen LogP contribution in [0.5, 0.6) is 0 Å². The van der Waals surface area contributed by atoms with Gasteiger partial charge in [-0.3, -0.25) is 10.1 Å². The van der Waals surface area contributed by atoms with E-state index in [4.69, 9.17) is 11.6 Å². The number of nitro benzene ring substituents is 1. The summed E-state index contributed by atoms with van der Waals surface area (Å²) in [4.78, 5) is 13.4. The van der Waals surface area contributed by atoms with E-state index in [1.807, 2.05) is 29.6 Å². The molecule has 0 fully saturated rings. The third-order valence-corrected chi connectivity index (χ3v) is 6.86. The Hall–Kier alpha value is -1.11. The van der Waals surface area contributed by atoms with Crippen molar-refractivity contribution in [3.05, 3.63) is 60.1 Å². The SMILES string of the molecule is O=[N+]([O-])c1cc(C2C3=C(CCS3)NC3=C2SCC3)ccc1Cl. The highest BCUT2D eigenvalue weighted by atomic mass is 35.5. The average Bonchev–Trinajstić information content (AvgIpc) is 3.13. The minimum atomic E-state index is -0.402. The fraction of sp³-hybridized carbons (Fsp3) is 0.333. The number of allylic oxidation sites excluding steroid dienone is 4. The smallest absolute Gasteiger partial charge is 0.288 e. The van der Waals surface area contributed by atoms with E-state index < -0.39 is 4.92 Å². The molecule has 22 heavy (non-hydrogen) atoms. The van der Waals surface area contributed by atoms with Gasteiger partial charge in [0, 0.05) is 44.7 Å². The van der Waals surface area contributed by atoms with Crippen molar-refractivity contribution in [3.8, 4) is 0 Å². The van der Waals surface area contributed by atoms with Gasteiger partial charge in [0.25, 0.3) is 5.69 Å². The van der Waals surface area contributed by atoms with Gasteiger partial charge in [-0.15, -0.1) is 23.5 Å². The number of rotatable bonds is 2. The molecule has 0 spiro atoms. The fourth-order valence-corrected chi connectivity index (χ4v) is 5.97. The minimum Gasteiger partial charge on any atom is -0.361 e. The normalized spacial score (nSPS) is 21.0. The number of dihydropyridines is 1. The number of nitrogens with zero attached hydrogens (tertiary/aromatic N) is 1. The highest BCUT2D eigenvalue weighted by Gasteiger charge is 2.37. The van der Waals surface area contributed by atoms with Crippen LogP contribution in [0.1, 0.15) is 24.3 Å². The van der Waals surface area contributed by atoms with Crippen LogP contribution in [0.3, 0.4) is 0 Å². The molecule has 0 radical (unpaired) electrons. The lowest BCUT2D eigenvalue weighted by molar-refractivity contribution is -0.384. The van der Waals surface area contributed by atoms with E-state index in [1.54, 1.807) is 12.1 Å². The average molecular weight is 353 g/mol. The lowest BCUT2D eigenvalue weighted by atomic mass is 9.92. The van der Waals surface area contributed by atoms with Gasteiger partial charge in [-0.25, -0.2) is 0 Å². The van der Waals surface area contributed by atoms with E-state index in [1.165, 1.54) is 21.2 Å². The first-order chi connectivity index (χ1) is 10.6. The molecular weight excluding hydrogens is 340 g/mol. The summed E-state index contributed by atoms with van der Waals surface area (Å²) in [5.41, 5.74) is 3.57. The summed E-state index contributed by atoms with van der Waals surface area (Å²) in [6.45, 7) is 0. The molecular formula is C15H13ClN2O2S2. The highest BCUT2D eigenvalue weighted by Crippen LogP contribution is 2.54. The van der Waals surface area contributed by atoms with Crippen LogP contribution >= 0.6 is 35.1 Å². The summed E-state index contributed by atoms with van der Waals surface area (Å²) < 4.78 is 0. The molecule has 0 saturated carbocycles. The van der Waals surface area contributed by atoms with Crippen molar-refractivity contribution in [3.63, 3.8) is 0 Å². The van der Waals surface area contributed by atoms with Gasteiger partial charge in [0.2, 0.25) is 0 Å². The second-order valence-corrected chi connectivity index (χ2v) is 8.09. The quantitative estimate of drug-likeness (QED) is 0.621. The van der Waals surface area contributed by atoms with Gasteiger partial charge in [-0.05, 0) is 24.5 Å². The van der Waals surface area contributed by atoms with Gasteiger partial charge in [-0.1, -0.05) is 17.7 Å². The number of thioether (sulfide) groups is 2. The largest absolute Gasteiger partial charge is 0.361 e. The zero-order chi connectivity index (χ0) is 15.3. The van der Waals surface area contributed by atoms with Gasteiger partial charge in [0.15, 0.2) is 0 Å². The molecule has 0 saturated heterocycles. The van der Waals surface area contributed by atoms with Crippen LogP contribution in [-0.4, -0.2) is 16.4 Å². The summed E-state index contributed by atoms with van der Waals surface area (Å²) in [6, 6.07) is 5.22. The molecule has 3 aliphatic rings. The molecule has 7 heteroatoms. The predicted molar refractivity (Wildman–Crippen MR) is 92.2 cm³/mol. The lowest BCUT2D eigenvalue weighted by Crippen LogP contribution is -2.21. The van der Waals surface area contributed by atoms with Crippen LogP contribution in [-0.2, 0) is 0 Å². The number of nitro groups is 1. The van der Waals surface area contributed by atoms with Gasteiger partial charge < -0.3 is 5.32 Å². The van der Waals surface area contributed by atoms with E-state index >= 15 is 0 Å². The van der Waals surface area contributed by atoms with Gasteiger partial charge >= 0.3 is 0 Å². The Bertz CT molecular complexity index is 715. The third kappa shape index (κ3) is 2.25. The Morgan fingerprint density at radius 1 is 1.18 bits per heavy atom. The van der Waals surface area contributed by atoms with Crippen LogP contribution in [0.2, 0.25) is 5.02 Å². The van der Waals surface area contributed by atoms with Crippen molar-refractivity contribution >= 4 is 40.8 Å². The number of hydrogen-bond acceptors (Lipinski definition) is 5. The summed E-state index contributed by atoms with van der Waals surface area (Å²) in [6.07, 6.45) is 2.10. The molecule has 1 aromatic rings. The molecule has 3 heterocycles. The number of nitrogens with one attached hydrogen (secondary N) is 1. The summed E-state index contributed by atoms with van der Waals surface area (Å²) in [5.74, 6) is 2.30. The molecule has 0 amide bonds. The van der Waals surface area contributed by atoms with Crippen molar-refractivity contribution in [1.29, 1.82) is 0 Å². The molecule has 0 aliphatic carbocycles. The van der Waals surface area contributed by atoms with Crippen molar-refractivity contribution in [2.45, 2.75) is 18.8 Å². The molecule has 4 nitrogen and oxygen atoms in total. The van der Waals surface area contributed by atoms with E-state index in [2.05, 4.69) is 5.32 Å². The molecule has 1 N–H and O–H groups in total. The van der Waals surface area contributed by atoms with Gasteiger partial charge in [0.1, 0.15) is 5.02 Å². The lowest BCUT2D eigenvalue weighted by Gasteiger charge is -2.27. The molecule has 1 aromatic carbocycles. The number of hydrogen-bond donors (Lipinski definition) is 1. The topological polar surface area (TPSA) is 55.2 Å². The van der Waals surface area contributed by atoms with Crippen molar-refractivity contribution in [2.75, 3.05) is 11.5 Å². The Balaban J connectivity index is 1.84. The van der Waals surface area contributed by atoms with Crippen LogP contribution in [0, 0.1) is 10.1 Å². The van der Waals surface area contributed by atoms with Crippen LogP contribution in [0.25, 0.3) is 0 Å². The van der Waals surface area contributed by atoms with Crippen molar-refractivity contribution in [1.82, 2.24) is 5.32 Å². The number of benzene rings is 1. The van der Waals surface area contributed by atoms with Crippen molar-refractivity contribution in [2.24, 2.45) is 0 Å². The molecule has 3 aliphatic heterocycles. The first-order valence-corrected chi connectivity index (χ1v) is 9.42. The van der Waals surface area contributed by atoms with Gasteiger partial charge in [-0.2, -0.15) is 0 Å². The first kappa shape index (κ1) is 14.5. The Morgan fingerprint density at radius 2 is 1.82 bits per heavy atom. The van der Waals surface area contributed by atoms with E-state index in [0.717, 1.165) is 29.9 Å². The fourth-order valence-electron chi connectivity index (χ4n) is 3.16. The maximum absolute atomic E-state index is 11.2. The Labute approximate surface area is 141 Å². The monoisotopic (exact) mass is 352 g/mol. The third-order valence-electron chi connectivity index (χ3n) is 4.14. The molecule has 0 aromatic heterocycles. The van der Waals surface area contributed by atoms with E-state index in [0.29, 0.717) is 0 Å². The first-order valence-electron chi connectivity index (χ1n) is 7.07. The van der Waals surface area contributed by atoms with Gasteiger partial charge in [0.05, 0.1) is 4.92 Å². The zero-order valence-electron chi connectivity index (χ0n) is 11.6. The van der Waals surface area contributed by atoms with E-state index in [9.17, 15) is 10.1 Å². The zero-order valence-corrected chi connectivity index (χ0v) is 14.0. The maximum atomic E-state index is 11.2. The van der Waals surface area contributed by atoms with Crippen LogP contribution in [0.15, 0.2) is 39.4 Å². The molecule has 0 atom stereocenters. The second-order valence-electron chi connectivity index (χ2n) is 5.41. The summed E-state index contributed by atoms with van der Waals surface area (Å²) >= 11 is 9.69.